The van der Waals surface area contributed by atoms with Crippen LogP contribution in [0.4, 0.5) is 17.1 Å². The number of hydrogen-bond acceptors (Lipinski definition) is 7. The van der Waals surface area contributed by atoms with Gasteiger partial charge in [-0.2, -0.15) is 0 Å². The lowest BCUT2D eigenvalue weighted by Gasteiger charge is -2.33. The fourth-order valence-electron chi connectivity index (χ4n) is 3.30. The average molecular weight is 426 g/mol. The van der Waals surface area contributed by atoms with E-state index in [2.05, 4.69) is 10.2 Å². The zero-order valence-corrected chi connectivity index (χ0v) is 17.8. The summed E-state index contributed by atoms with van der Waals surface area (Å²) in [7, 11) is 2.01. The Labute approximate surface area is 180 Å². The molecule has 0 aliphatic carbocycles. The van der Waals surface area contributed by atoms with Crippen molar-refractivity contribution in [3.05, 3.63) is 63.7 Å². The molecule has 9 nitrogen and oxygen atoms in total. The lowest BCUT2D eigenvalue weighted by atomic mass is 10.1. The number of piperazine rings is 1. The van der Waals surface area contributed by atoms with Gasteiger partial charge in [-0.25, -0.2) is 4.79 Å². The molecular formula is C22H26N4O5. The van der Waals surface area contributed by atoms with Gasteiger partial charge in [0.05, 0.1) is 16.6 Å². The van der Waals surface area contributed by atoms with E-state index in [1.165, 1.54) is 6.07 Å². The second-order valence-electron chi connectivity index (χ2n) is 7.74. The van der Waals surface area contributed by atoms with Gasteiger partial charge in [0, 0.05) is 43.5 Å². The predicted octanol–water partition coefficient (Wildman–Crippen LogP) is 3.16. The number of carbonyl (C=O) groups is 2. The maximum Gasteiger partial charge on any atom is 0.338 e. The van der Waals surface area contributed by atoms with Crippen LogP contribution in [0.2, 0.25) is 0 Å². The van der Waals surface area contributed by atoms with Crippen molar-refractivity contribution in [1.29, 1.82) is 0 Å². The van der Waals surface area contributed by atoms with Crippen LogP contribution in [-0.4, -0.2) is 61.0 Å². The van der Waals surface area contributed by atoms with Gasteiger partial charge in [0.15, 0.2) is 0 Å². The zero-order chi connectivity index (χ0) is 22.5. The minimum atomic E-state index is -0.467. The quantitative estimate of drug-likeness (QED) is 0.430. The Morgan fingerprint density at radius 3 is 2.23 bits per heavy atom. The van der Waals surface area contributed by atoms with E-state index in [1.807, 2.05) is 11.9 Å². The van der Waals surface area contributed by atoms with Crippen LogP contribution in [0, 0.1) is 10.1 Å². The lowest BCUT2D eigenvalue weighted by Crippen LogP contribution is -2.44. The highest BCUT2D eigenvalue weighted by molar-refractivity contribution is 6.05. The second-order valence-corrected chi connectivity index (χ2v) is 7.74. The van der Waals surface area contributed by atoms with Crippen LogP contribution >= 0.6 is 0 Å². The monoisotopic (exact) mass is 426 g/mol. The number of anilines is 2. The average Bonchev–Trinajstić information content (AvgIpc) is 2.74. The first-order chi connectivity index (χ1) is 14.7. The van der Waals surface area contributed by atoms with Gasteiger partial charge in [0.25, 0.3) is 11.6 Å². The molecule has 0 spiro atoms. The summed E-state index contributed by atoms with van der Waals surface area (Å²) in [6, 6.07) is 10.8. The van der Waals surface area contributed by atoms with Gasteiger partial charge in [-0.15, -0.1) is 0 Å². The lowest BCUT2D eigenvalue weighted by molar-refractivity contribution is -0.384. The normalized spacial score (nSPS) is 14.4. The van der Waals surface area contributed by atoms with Gasteiger partial charge in [0.1, 0.15) is 5.69 Å². The number of ether oxygens (including phenoxy) is 1. The molecule has 2 aromatic rings. The zero-order valence-electron chi connectivity index (χ0n) is 17.8. The van der Waals surface area contributed by atoms with Crippen molar-refractivity contribution in [2.75, 3.05) is 43.4 Å². The van der Waals surface area contributed by atoms with Gasteiger partial charge in [-0.05, 0) is 57.3 Å². The van der Waals surface area contributed by atoms with E-state index >= 15 is 0 Å². The van der Waals surface area contributed by atoms with Crippen molar-refractivity contribution in [1.82, 2.24) is 4.90 Å². The molecule has 9 heteroatoms. The summed E-state index contributed by atoms with van der Waals surface area (Å²) in [6.45, 7) is 6.55. The summed E-state index contributed by atoms with van der Waals surface area (Å²) in [5.74, 6) is -0.909. The third-order valence-corrected chi connectivity index (χ3v) is 5.00. The fraction of sp³-hybridized carbons (Fsp3) is 0.364. The minimum absolute atomic E-state index is 0.0935. The van der Waals surface area contributed by atoms with Gasteiger partial charge in [-0.3, -0.25) is 14.9 Å². The largest absolute Gasteiger partial charge is 0.459 e. The molecule has 1 fully saturated rings. The summed E-state index contributed by atoms with van der Waals surface area (Å²) < 4.78 is 5.13. The molecule has 0 radical (unpaired) electrons. The Kier molecular flexibility index (Phi) is 6.86. The number of nitrogens with zero attached hydrogens (tertiary/aromatic N) is 3. The maximum absolute atomic E-state index is 12.6. The predicted molar refractivity (Wildman–Crippen MR) is 118 cm³/mol. The van der Waals surface area contributed by atoms with E-state index < -0.39 is 16.8 Å². The molecule has 1 heterocycles. The van der Waals surface area contributed by atoms with Crippen LogP contribution in [-0.2, 0) is 4.74 Å². The molecule has 31 heavy (non-hydrogen) atoms. The third-order valence-electron chi connectivity index (χ3n) is 5.00. The number of benzene rings is 2. The standard InChI is InChI=1S/C22H26N4O5/c1-15(2)31-22(28)16-4-7-18(8-5-16)23-21(27)17-6-9-19(20(14-17)26(29)30)25-12-10-24(3)11-13-25/h4-9,14-15H,10-13H2,1-3H3,(H,23,27). The summed E-state index contributed by atoms with van der Waals surface area (Å²) in [5, 5.41) is 14.3. The molecule has 0 aromatic heterocycles. The molecular weight excluding hydrogens is 400 g/mol. The van der Waals surface area contributed by atoms with E-state index in [0.29, 0.717) is 30.0 Å². The van der Waals surface area contributed by atoms with Gasteiger partial charge >= 0.3 is 5.97 Å². The van der Waals surface area contributed by atoms with Crippen LogP contribution in [0.3, 0.4) is 0 Å². The Hall–Kier alpha value is -3.46. The fourth-order valence-corrected chi connectivity index (χ4v) is 3.30. The number of nitro benzene ring substituents is 1. The first-order valence-corrected chi connectivity index (χ1v) is 10.1. The van der Waals surface area contributed by atoms with Crippen molar-refractivity contribution in [3.63, 3.8) is 0 Å². The molecule has 1 aliphatic heterocycles. The number of likely N-dealkylation sites (N-methyl/N-ethyl adjacent to an activating group) is 1. The molecule has 164 valence electrons. The molecule has 1 N–H and O–H groups in total. The molecule has 1 aliphatic rings. The highest BCUT2D eigenvalue weighted by Crippen LogP contribution is 2.30. The molecule has 0 unspecified atom stereocenters. The topological polar surface area (TPSA) is 105 Å². The Bertz CT molecular complexity index is 966. The van der Waals surface area contributed by atoms with E-state index in [0.717, 1.165) is 13.1 Å². The summed E-state index contributed by atoms with van der Waals surface area (Å²) >= 11 is 0. The molecule has 0 bridgehead atoms. The van der Waals surface area contributed by atoms with Gasteiger partial charge in [0.2, 0.25) is 0 Å². The minimum Gasteiger partial charge on any atom is -0.459 e. The van der Waals surface area contributed by atoms with Gasteiger partial charge < -0.3 is 19.9 Å². The molecule has 1 saturated heterocycles. The van der Waals surface area contributed by atoms with Crippen molar-refractivity contribution in [2.45, 2.75) is 20.0 Å². The van der Waals surface area contributed by atoms with Crippen LogP contribution in [0.15, 0.2) is 42.5 Å². The highest BCUT2D eigenvalue weighted by atomic mass is 16.6. The van der Waals surface area contributed by atoms with E-state index in [4.69, 9.17) is 4.74 Å². The Morgan fingerprint density at radius 1 is 1.03 bits per heavy atom. The summed E-state index contributed by atoms with van der Waals surface area (Å²) in [4.78, 5) is 39.9. The van der Waals surface area contributed by atoms with Crippen molar-refractivity contribution >= 4 is 28.9 Å². The number of carbonyl (C=O) groups excluding carboxylic acids is 2. The number of rotatable bonds is 6. The third kappa shape index (κ3) is 5.58. The van der Waals surface area contributed by atoms with E-state index in [9.17, 15) is 19.7 Å². The Morgan fingerprint density at radius 2 is 1.65 bits per heavy atom. The first kappa shape index (κ1) is 22.2. The molecule has 0 atom stereocenters. The van der Waals surface area contributed by atoms with E-state index in [1.54, 1.807) is 50.2 Å². The number of nitro groups is 1. The molecule has 3 rings (SSSR count). The van der Waals surface area contributed by atoms with E-state index in [-0.39, 0.29) is 17.4 Å². The summed E-state index contributed by atoms with van der Waals surface area (Å²) in [6.07, 6.45) is -0.225. The number of amides is 1. The molecule has 1 amide bonds. The van der Waals surface area contributed by atoms with Gasteiger partial charge in [-0.1, -0.05) is 0 Å². The molecule has 0 saturated carbocycles. The molecule has 2 aromatic carbocycles. The number of esters is 1. The second kappa shape index (κ2) is 9.57. The maximum atomic E-state index is 12.6. The van der Waals surface area contributed by atoms with Crippen molar-refractivity contribution in [3.8, 4) is 0 Å². The van der Waals surface area contributed by atoms with Crippen LogP contribution < -0.4 is 10.2 Å². The van der Waals surface area contributed by atoms with Crippen LogP contribution in [0.1, 0.15) is 34.6 Å². The smallest absolute Gasteiger partial charge is 0.338 e. The number of hydrogen-bond donors (Lipinski definition) is 1. The van der Waals surface area contributed by atoms with Crippen LogP contribution in [0.25, 0.3) is 0 Å². The highest BCUT2D eigenvalue weighted by Gasteiger charge is 2.24. The Balaban J connectivity index is 1.73. The SMILES string of the molecule is CC(C)OC(=O)c1ccc(NC(=O)c2ccc(N3CCN(C)CC3)c([N+](=O)[O-])c2)cc1. The van der Waals surface area contributed by atoms with Crippen molar-refractivity contribution < 1.29 is 19.2 Å². The number of nitrogens with one attached hydrogen (secondary N) is 1. The first-order valence-electron chi connectivity index (χ1n) is 10.1. The van der Waals surface area contributed by atoms with Crippen molar-refractivity contribution in [2.24, 2.45) is 0 Å². The summed E-state index contributed by atoms with van der Waals surface area (Å²) in [5.41, 5.74) is 1.45. The van der Waals surface area contributed by atoms with Crippen LogP contribution in [0.5, 0.6) is 0 Å².